The molecule has 1 aliphatic rings. The summed E-state index contributed by atoms with van der Waals surface area (Å²) in [6, 6.07) is 23.7. The predicted octanol–water partition coefficient (Wildman–Crippen LogP) is 6.47. The van der Waals surface area contributed by atoms with Gasteiger partial charge in [-0.15, -0.1) is 0 Å². The van der Waals surface area contributed by atoms with Crippen LogP contribution in [0.3, 0.4) is 0 Å². The standard InChI is InChI=1S/C34H38N2O8/c1-34(2,3)44-31(38)35-20-12-11-19-29(36-32(39)41-21-23-13-5-4-6-14-23)30(37)43-33(40)42-22-28-26-17-9-7-15-24(26)25-16-8-10-18-27(25)28/h4-10,13-18,28-29H,11-12,19-22H2,1-3H3,(H,35,38)(H,36,39)/t29-/m0/s1. The highest BCUT2D eigenvalue weighted by Crippen LogP contribution is 2.44. The number of carbonyl (C=O) groups excluding carboxylic acids is 4. The third-order valence-electron chi connectivity index (χ3n) is 6.89. The van der Waals surface area contributed by atoms with Crippen molar-refractivity contribution in [2.45, 2.75) is 64.2 Å². The molecule has 0 spiro atoms. The highest BCUT2D eigenvalue weighted by molar-refractivity contribution is 5.88. The fourth-order valence-corrected chi connectivity index (χ4v) is 4.91. The fraction of sp³-hybridized carbons (Fsp3) is 0.353. The van der Waals surface area contributed by atoms with Crippen LogP contribution in [0.4, 0.5) is 14.4 Å². The molecule has 232 valence electrons. The zero-order chi connectivity index (χ0) is 31.5. The van der Waals surface area contributed by atoms with Crippen LogP contribution in [0.5, 0.6) is 0 Å². The first-order valence-corrected chi connectivity index (χ1v) is 14.6. The second-order valence-corrected chi connectivity index (χ2v) is 11.4. The van der Waals surface area contributed by atoms with Crippen LogP contribution < -0.4 is 10.6 Å². The minimum Gasteiger partial charge on any atom is -0.445 e. The van der Waals surface area contributed by atoms with Gasteiger partial charge in [-0.2, -0.15) is 0 Å². The van der Waals surface area contributed by atoms with E-state index in [1.54, 1.807) is 32.9 Å². The third kappa shape index (κ3) is 9.32. The van der Waals surface area contributed by atoms with Gasteiger partial charge in [-0.05, 0) is 67.9 Å². The molecule has 10 heteroatoms. The van der Waals surface area contributed by atoms with Gasteiger partial charge >= 0.3 is 24.3 Å². The number of fused-ring (bicyclic) bond motifs is 3. The van der Waals surface area contributed by atoms with Gasteiger partial charge in [0, 0.05) is 12.5 Å². The lowest BCUT2D eigenvalue weighted by molar-refractivity contribution is -0.142. The molecular formula is C34H38N2O8. The Balaban J connectivity index is 1.31. The van der Waals surface area contributed by atoms with E-state index < -0.39 is 36.0 Å². The molecule has 10 nitrogen and oxygen atoms in total. The zero-order valence-corrected chi connectivity index (χ0v) is 25.2. The molecule has 0 bridgehead atoms. The van der Waals surface area contributed by atoms with Crippen molar-refractivity contribution < 1.29 is 38.1 Å². The maximum Gasteiger partial charge on any atom is 0.516 e. The van der Waals surface area contributed by atoms with Gasteiger partial charge in [0.05, 0.1) is 0 Å². The van der Waals surface area contributed by atoms with E-state index in [0.717, 1.165) is 27.8 Å². The first kappa shape index (κ1) is 32.1. The minimum atomic E-state index is -1.18. The highest BCUT2D eigenvalue weighted by atomic mass is 16.7. The maximum atomic E-state index is 13.0. The van der Waals surface area contributed by atoms with E-state index in [4.69, 9.17) is 18.9 Å². The van der Waals surface area contributed by atoms with Gasteiger partial charge in [-0.1, -0.05) is 78.9 Å². The second kappa shape index (κ2) is 15.0. The average Bonchev–Trinajstić information content (AvgIpc) is 3.31. The lowest BCUT2D eigenvalue weighted by Gasteiger charge is -2.20. The lowest BCUT2D eigenvalue weighted by Crippen LogP contribution is -2.43. The highest BCUT2D eigenvalue weighted by Gasteiger charge is 2.31. The molecule has 0 fully saturated rings. The Kier molecular flexibility index (Phi) is 11.0. The molecule has 3 aromatic carbocycles. The molecule has 3 aromatic rings. The number of nitrogens with one attached hydrogen (secondary N) is 2. The molecule has 0 saturated heterocycles. The normalized spacial score (nSPS) is 12.7. The molecule has 0 saturated carbocycles. The van der Waals surface area contributed by atoms with Crippen molar-refractivity contribution in [1.82, 2.24) is 10.6 Å². The van der Waals surface area contributed by atoms with Crippen molar-refractivity contribution in [2.24, 2.45) is 0 Å². The Morgan fingerprint density at radius 1 is 0.773 bits per heavy atom. The molecule has 2 amide bonds. The van der Waals surface area contributed by atoms with E-state index in [1.165, 1.54) is 0 Å². The number of hydrogen-bond donors (Lipinski definition) is 2. The number of alkyl carbamates (subject to hydrolysis) is 2. The predicted molar refractivity (Wildman–Crippen MR) is 163 cm³/mol. The summed E-state index contributed by atoms with van der Waals surface area (Å²) in [5, 5.41) is 5.14. The Morgan fingerprint density at radius 3 is 2.02 bits per heavy atom. The molecule has 0 radical (unpaired) electrons. The summed E-state index contributed by atoms with van der Waals surface area (Å²) >= 11 is 0. The van der Waals surface area contributed by atoms with Crippen LogP contribution in [-0.2, 0) is 30.3 Å². The smallest absolute Gasteiger partial charge is 0.445 e. The summed E-state index contributed by atoms with van der Waals surface area (Å²) in [7, 11) is 0. The van der Waals surface area contributed by atoms with E-state index >= 15 is 0 Å². The largest absolute Gasteiger partial charge is 0.516 e. The first-order chi connectivity index (χ1) is 21.1. The van der Waals surface area contributed by atoms with Crippen molar-refractivity contribution in [3.63, 3.8) is 0 Å². The Morgan fingerprint density at radius 2 is 1.39 bits per heavy atom. The second-order valence-electron chi connectivity index (χ2n) is 11.4. The van der Waals surface area contributed by atoms with E-state index in [9.17, 15) is 19.2 Å². The maximum absolute atomic E-state index is 13.0. The third-order valence-corrected chi connectivity index (χ3v) is 6.89. The van der Waals surface area contributed by atoms with Crippen LogP contribution in [-0.4, -0.2) is 49.1 Å². The van der Waals surface area contributed by atoms with Crippen molar-refractivity contribution in [3.05, 3.63) is 95.6 Å². The van der Waals surface area contributed by atoms with Crippen molar-refractivity contribution in [3.8, 4) is 11.1 Å². The van der Waals surface area contributed by atoms with Crippen molar-refractivity contribution >= 4 is 24.3 Å². The van der Waals surface area contributed by atoms with Gasteiger partial charge in [0.15, 0.2) is 0 Å². The van der Waals surface area contributed by atoms with Crippen LogP contribution in [0.1, 0.15) is 62.6 Å². The van der Waals surface area contributed by atoms with Crippen LogP contribution in [0.15, 0.2) is 78.9 Å². The van der Waals surface area contributed by atoms with Crippen molar-refractivity contribution in [2.75, 3.05) is 13.2 Å². The van der Waals surface area contributed by atoms with Crippen LogP contribution in [0.2, 0.25) is 0 Å². The van der Waals surface area contributed by atoms with Gasteiger partial charge < -0.3 is 29.6 Å². The summed E-state index contributed by atoms with van der Waals surface area (Å²) in [4.78, 5) is 50.0. The Bertz CT molecular complexity index is 1410. The Hall–Kier alpha value is -4.86. The minimum absolute atomic E-state index is 0.000623. The van der Waals surface area contributed by atoms with E-state index in [2.05, 4.69) is 10.6 Å². The molecule has 4 rings (SSSR count). The summed E-state index contributed by atoms with van der Waals surface area (Å²) in [6.07, 6.45) is -1.52. The van der Waals surface area contributed by atoms with Gasteiger partial charge in [0.2, 0.25) is 0 Å². The van der Waals surface area contributed by atoms with Gasteiger partial charge in [-0.3, -0.25) is 0 Å². The monoisotopic (exact) mass is 602 g/mol. The SMILES string of the molecule is CC(C)(C)OC(=O)NCCCC[C@H](NC(=O)OCc1ccccc1)C(=O)OC(=O)OCC1c2ccccc2-c2ccccc21. The first-order valence-electron chi connectivity index (χ1n) is 14.6. The van der Waals surface area contributed by atoms with Crippen molar-refractivity contribution in [1.29, 1.82) is 0 Å². The number of carbonyl (C=O) groups is 4. The number of esters is 1. The van der Waals surface area contributed by atoms with E-state index in [0.29, 0.717) is 19.4 Å². The molecule has 0 aromatic heterocycles. The molecule has 1 aliphatic carbocycles. The number of benzene rings is 3. The van der Waals surface area contributed by atoms with Gasteiger partial charge in [0.25, 0.3) is 0 Å². The molecular weight excluding hydrogens is 564 g/mol. The van der Waals surface area contributed by atoms with E-state index in [-0.39, 0.29) is 25.6 Å². The van der Waals surface area contributed by atoms with Gasteiger partial charge in [0.1, 0.15) is 24.9 Å². The summed E-state index contributed by atoms with van der Waals surface area (Å²) in [5.41, 5.74) is 4.33. The number of unbranched alkanes of at least 4 members (excludes halogenated alkanes) is 1. The van der Waals surface area contributed by atoms with Crippen LogP contribution in [0, 0.1) is 0 Å². The molecule has 0 unspecified atom stereocenters. The number of ether oxygens (including phenoxy) is 4. The van der Waals surface area contributed by atoms with Crippen LogP contribution >= 0.6 is 0 Å². The molecule has 1 atom stereocenters. The Labute approximate surface area is 257 Å². The topological polar surface area (TPSA) is 129 Å². The number of amides is 2. The molecule has 2 N–H and O–H groups in total. The molecule has 0 heterocycles. The summed E-state index contributed by atoms with van der Waals surface area (Å²) in [5.74, 6) is -1.18. The number of rotatable bonds is 11. The zero-order valence-electron chi connectivity index (χ0n) is 25.2. The lowest BCUT2D eigenvalue weighted by atomic mass is 9.98. The molecule has 0 aliphatic heterocycles. The molecule has 44 heavy (non-hydrogen) atoms. The fourth-order valence-electron chi connectivity index (χ4n) is 4.91. The number of hydrogen-bond acceptors (Lipinski definition) is 8. The summed E-state index contributed by atoms with van der Waals surface area (Å²) in [6.45, 7) is 5.57. The average molecular weight is 603 g/mol. The quantitative estimate of drug-likeness (QED) is 0.111. The van der Waals surface area contributed by atoms with Gasteiger partial charge in [-0.25, -0.2) is 19.2 Å². The van der Waals surface area contributed by atoms with E-state index in [1.807, 2.05) is 66.7 Å². The summed E-state index contributed by atoms with van der Waals surface area (Å²) < 4.78 is 20.9. The van der Waals surface area contributed by atoms with Crippen LogP contribution in [0.25, 0.3) is 11.1 Å².